The van der Waals surface area contributed by atoms with E-state index >= 15 is 0 Å². The first-order valence-electron chi connectivity index (χ1n) is 40.0. The molecular weight excluding hydrogens is 1320 g/mol. The summed E-state index contributed by atoms with van der Waals surface area (Å²) in [6, 6.07) is 5.15. The summed E-state index contributed by atoms with van der Waals surface area (Å²) in [5.41, 5.74) is -0.463. The van der Waals surface area contributed by atoms with Gasteiger partial charge in [0.25, 0.3) is 5.69 Å². The van der Waals surface area contributed by atoms with Crippen molar-refractivity contribution in [1.29, 1.82) is 0 Å². The molecule has 5 saturated heterocycles. The van der Waals surface area contributed by atoms with Gasteiger partial charge in [-0.2, -0.15) is 0 Å². The van der Waals surface area contributed by atoms with E-state index in [1.807, 2.05) is 0 Å². The van der Waals surface area contributed by atoms with Crippen LogP contribution in [0.5, 0.6) is 5.75 Å². The van der Waals surface area contributed by atoms with Gasteiger partial charge in [-0.15, -0.1) is 0 Å². The number of carbonyl (C=O) groups is 4. The number of nitro groups is 1. The van der Waals surface area contributed by atoms with E-state index in [9.17, 15) is 44.6 Å². The minimum Gasteiger partial charge on any atom is -0.446 e. The topological polar surface area (TPSA) is 255 Å². The predicted octanol–water partition coefficient (Wildman–Crippen LogP) is 15.3. The second-order valence-corrected chi connectivity index (χ2v) is 38.8. The largest absolute Gasteiger partial charge is 0.446 e. The van der Waals surface area contributed by atoms with Gasteiger partial charge >= 0.3 is 23.7 Å². The van der Waals surface area contributed by atoms with Crippen molar-refractivity contribution in [3.05, 3.63) is 34.4 Å². The van der Waals surface area contributed by atoms with Crippen LogP contribution in [0.1, 0.15) is 225 Å². The van der Waals surface area contributed by atoms with Crippen molar-refractivity contribution in [3.63, 3.8) is 0 Å². The van der Waals surface area contributed by atoms with Crippen LogP contribution in [0.2, 0.25) is 0 Å². The number of fused-ring (bicyclic) bond motifs is 8. The molecule has 570 valence electrons. The van der Waals surface area contributed by atoms with Crippen LogP contribution in [0, 0.1) is 123 Å². The number of nitrogens with one attached hydrogen (secondary N) is 1. The van der Waals surface area contributed by atoms with Crippen LogP contribution in [-0.4, -0.2) is 160 Å². The van der Waals surface area contributed by atoms with E-state index in [1.54, 1.807) is 9.80 Å². The van der Waals surface area contributed by atoms with Gasteiger partial charge in [-0.25, -0.2) is 19.2 Å². The molecule has 15 aliphatic rings. The van der Waals surface area contributed by atoms with Crippen LogP contribution in [-0.2, 0) is 28.4 Å². The molecule has 5 heterocycles. The monoisotopic (exact) mass is 1440 g/mol. The number of amides is 3. The molecule has 0 aromatic heterocycles. The number of aliphatic hydroxyl groups is 3. The molecule has 102 heavy (non-hydrogen) atoms. The number of carbonyl (C=O) groups excluding carboxylic acids is 4. The molecule has 26 atom stereocenters. The molecule has 1 aromatic rings. The molecule has 1 aromatic carbocycles. The van der Waals surface area contributed by atoms with Crippen LogP contribution < -0.4 is 10.1 Å². The predicted molar refractivity (Wildman–Crippen MR) is 383 cm³/mol. The SMILES string of the molecule is CC(C)[C@@H](OC(=O)N1CCC1)[C@H]1C[C@@H](C)[C@H]2[C@H](O1)[C@H](O)[C@@]1(C)[C@@H]3CC[C@H]4C(C)(C)[C@@H](O)CC[C@@]45C[C@@]35CC[C@]21C.CC(C)[C@@H](OC(=O)N1CCC1)[C@H]1C[C@@H](C)[C@H]2[C@H](O1)[C@H](O)[C@@]1(C)[C@@H]3CC[C@H]4C(C)(C)[C@@H](OC(=O)NC5CCOCC5)CC[C@@]45C[C@@]35CC[C@]21C.O=C(Cl)Oc1ccc([N+](=O)[O-])cc1. The Morgan fingerprint density at radius 3 is 1.45 bits per heavy atom. The third-order valence-corrected chi connectivity index (χ3v) is 33.4. The lowest BCUT2D eigenvalue weighted by Crippen LogP contribution is -2.60. The zero-order chi connectivity index (χ0) is 73.2. The lowest BCUT2D eigenvalue weighted by molar-refractivity contribution is -0.384. The fourth-order valence-corrected chi connectivity index (χ4v) is 27.9. The fourth-order valence-electron chi connectivity index (χ4n) is 27.8. The molecule has 0 unspecified atom stereocenters. The number of rotatable bonds is 10. The standard InChI is InChI=1S/C40H64N2O7.C34H55NO5.C7H4ClNO4/c1-23(2)31(49-35(45)42-17-8-18-42)26-21-24(3)30-32(47-26)33(43)38(7)28-10-9-27-36(4,5)29(48-34(44)41-25-12-19-46-20-13-25)11-14-39(27)22-40(28,39)16-15-37(30,38)6;1-19(2)26(40-29(38)35-15-8-16-35)21-17-20(3)25-27(39-21)28(37)32(7)23-10-9-22-30(4,5)24(36)11-12-33(22)18-34(23,33)14-13-31(25,32)6;8-7(10)13-6-3-1-5(2-4-6)9(11)12/h23-33,43H,8-22H2,1-7H3,(H,41,44);19-28,36-37H,8-18H2,1-7H3;1-4H/t24-,26-,27+,28+,29+,30+,31-,32+,33+,37-,38-,39-,40+;20-,21-,22+,23+,24+,25+,26-,27+,28+,31-,32-,33-,34+;/m11./s1. The Bertz CT molecular complexity index is 3340. The van der Waals surface area contributed by atoms with Crippen LogP contribution in [0.15, 0.2) is 24.3 Å². The van der Waals surface area contributed by atoms with Gasteiger partial charge in [0.15, 0.2) is 0 Å². The summed E-state index contributed by atoms with van der Waals surface area (Å²) in [5.74, 6) is 3.86. The number of ether oxygens (including phenoxy) is 7. The van der Waals surface area contributed by atoms with E-state index in [0.29, 0.717) is 65.5 Å². The van der Waals surface area contributed by atoms with Gasteiger partial charge in [0.2, 0.25) is 0 Å². The summed E-state index contributed by atoms with van der Waals surface area (Å²) in [5, 5.41) is 49.4. The molecular formula is C81H123ClN4O16. The highest BCUT2D eigenvalue weighted by atomic mass is 35.5. The molecule has 10 saturated carbocycles. The molecule has 3 amide bonds. The number of alkyl carbamates (subject to hydrolysis) is 1. The first kappa shape index (κ1) is 74.8. The van der Waals surface area contributed by atoms with Gasteiger partial charge in [0, 0.05) is 85.4 Å². The number of aliphatic hydroxyl groups excluding tert-OH is 3. The van der Waals surface area contributed by atoms with Crippen LogP contribution in [0.4, 0.5) is 24.9 Å². The maximum absolute atomic E-state index is 13.1. The van der Waals surface area contributed by atoms with Crippen molar-refractivity contribution in [2.75, 3.05) is 39.4 Å². The van der Waals surface area contributed by atoms with E-state index in [0.717, 1.165) is 122 Å². The number of non-ortho nitro benzene ring substituents is 1. The second kappa shape index (κ2) is 26.4. The fraction of sp³-hybridized carbons (Fsp3) is 0.877. The molecule has 10 aliphatic carbocycles. The summed E-state index contributed by atoms with van der Waals surface area (Å²) < 4.78 is 42.5. The highest BCUT2D eigenvalue weighted by Crippen LogP contribution is 2.91. The van der Waals surface area contributed by atoms with Gasteiger partial charge in [-0.05, 0) is 238 Å². The number of nitrogens with zero attached hydrogens (tertiary/aromatic N) is 3. The molecule has 0 radical (unpaired) electrons. The summed E-state index contributed by atoms with van der Waals surface area (Å²) in [6.45, 7) is 36.9. The van der Waals surface area contributed by atoms with Crippen molar-refractivity contribution in [2.24, 2.45) is 113 Å². The Hall–Kier alpha value is -4.05. The van der Waals surface area contributed by atoms with Crippen molar-refractivity contribution < 1.29 is 72.6 Å². The van der Waals surface area contributed by atoms with Crippen molar-refractivity contribution in [3.8, 4) is 5.75 Å². The molecule has 0 bridgehead atoms. The van der Waals surface area contributed by atoms with Gasteiger partial charge < -0.3 is 63.6 Å². The van der Waals surface area contributed by atoms with E-state index in [-0.39, 0.29) is 146 Å². The van der Waals surface area contributed by atoms with Crippen LogP contribution in [0.25, 0.3) is 0 Å². The van der Waals surface area contributed by atoms with Gasteiger partial charge in [0.05, 0.1) is 47.7 Å². The number of hydrogen-bond acceptors (Lipinski definition) is 16. The normalized spacial score (nSPS) is 46.1. The van der Waals surface area contributed by atoms with Gasteiger partial charge in [0.1, 0.15) is 24.1 Å². The van der Waals surface area contributed by atoms with E-state index in [2.05, 4.69) is 107 Å². The summed E-state index contributed by atoms with van der Waals surface area (Å²) in [7, 11) is 0. The van der Waals surface area contributed by atoms with Gasteiger partial charge in [-0.3, -0.25) is 10.1 Å². The lowest BCUT2D eigenvalue weighted by atomic mass is 9.41. The van der Waals surface area contributed by atoms with Crippen molar-refractivity contribution >= 4 is 41.0 Å². The minimum absolute atomic E-state index is 0.0201. The third kappa shape index (κ3) is 11.2. The van der Waals surface area contributed by atoms with E-state index in [1.165, 1.54) is 56.4 Å². The molecule has 4 N–H and O–H groups in total. The lowest BCUT2D eigenvalue weighted by Gasteiger charge is -2.63. The Labute approximate surface area is 611 Å². The Morgan fingerprint density at radius 1 is 0.598 bits per heavy atom. The number of nitro benzene ring substituents is 1. The first-order valence-corrected chi connectivity index (χ1v) is 40.3. The maximum atomic E-state index is 13.1. The minimum atomic E-state index is -0.978. The number of benzene rings is 1. The average Bonchev–Trinajstić information content (AvgIpc) is 1.46. The van der Waals surface area contributed by atoms with Crippen LogP contribution >= 0.6 is 11.6 Å². The molecule has 5 aliphatic heterocycles. The zero-order valence-electron chi connectivity index (χ0n) is 63.7. The average molecular weight is 1440 g/mol. The zero-order valence-corrected chi connectivity index (χ0v) is 64.4. The summed E-state index contributed by atoms with van der Waals surface area (Å²) in [6.07, 6.45) is 18.0. The van der Waals surface area contributed by atoms with Crippen molar-refractivity contribution in [1.82, 2.24) is 15.1 Å². The first-order chi connectivity index (χ1) is 48.0. The third-order valence-electron chi connectivity index (χ3n) is 33.4. The Morgan fingerprint density at radius 2 is 1.03 bits per heavy atom. The Kier molecular flexibility index (Phi) is 19.3. The van der Waals surface area contributed by atoms with E-state index in [4.69, 9.17) is 40.0 Å². The maximum Gasteiger partial charge on any atom is 0.410 e. The molecule has 20 nitrogen and oxygen atoms in total. The molecule has 21 heteroatoms. The quantitative estimate of drug-likeness (QED) is 0.0735. The second-order valence-electron chi connectivity index (χ2n) is 38.5. The molecule has 15 fully saturated rings. The van der Waals surface area contributed by atoms with Crippen molar-refractivity contribution in [2.45, 2.75) is 292 Å². The highest BCUT2D eigenvalue weighted by molar-refractivity contribution is 6.61. The highest BCUT2D eigenvalue weighted by Gasteiger charge is 2.87. The summed E-state index contributed by atoms with van der Waals surface area (Å²) in [4.78, 5) is 62.3. The number of likely N-dealkylation sites (tertiary alicyclic amines) is 2. The molecule has 16 rings (SSSR count). The number of hydrogen-bond donors (Lipinski definition) is 4. The van der Waals surface area contributed by atoms with E-state index < -0.39 is 22.6 Å². The Balaban J connectivity index is 0.000000149. The molecule has 4 spiro atoms. The smallest absolute Gasteiger partial charge is 0.410 e. The summed E-state index contributed by atoms with van der Waals surface area (Å²) >= 11 is 4.92. The number of halogens is 1. The van der Waals surface area contributed by atoms with Gasteiger partial charge in [-0.1, -0.05) is 96.9 Å². The van der Waals surface area contributed by atoms with Crippen LogP contribution in [0.3, 0.4) is 0 Å².